The summed E-state index contributed by atoms with van der Waals surface area (Å²) in [4.78, 5) is 19.2. The van der Waals surface area contributed by atoms with Crippen molar-refractivity contribution in [3.63, 3.8) is 0 Å². The summed E-state index contributed by atoms with van der Waals surface area (Å²) >= 11 is 0. The van der Waals surface area contributed by atoms with E-state index in [1.54, 1.807) is 41.2 Å². The second kappa shape index (κ2) is 8.85. The van der Waals surface area contributed by atoms with E-state index in [1.807, 2.05) is 0 Å². The fraction of sp³-hybridized carbons (Fsp3) is 0.304. The predicted molar refractivity (Wildman–Crippen MR) is 110 cm³/mol. The average Bonchev–Trinajstić information content (AvgIpc) is 3.21. The molecule has 2 heterocycles. The van der Waals surface area contributed by atoms with Gasteiger partial charge in [0.25, 0.3) is 5.91 Å². The largest absolute Gasteiger partial charge is 0.505 e. The highest BCUT2D eigenvalue weighted by Crippen LogP contribution is 2.29. The number of nitrogens with zero attached hydrogens (tertiary/aromatic N) is 3. The highest BCUT2D eigenvalue weighted by atomic mass is 19.1. The second-order valence-corrected chi connectivity index (χ2v) is 7.68. The number of ether oxygens (including phenoxy) is 1. The van der Waals surface area contributed by atoms with E-state index in [2.05, 4.69) is 4.98 Å². The molecule has 31 heavy (non-hydrogen) atoms. The SMILES string of the molecule is Cn1cnc(C(=O)N(Cc2ccc(F)c(-c3ccc(F)c(O)c3)c2)C2CCOCC2)c1. The summed E-state index contributed by atoms with van der Waals surface area (Å²) in [7, 11) is 1.80. The molecular formula is C23H23F2N3O3. The summed E-state index contributed by atoms with van der Waals surface area (Å²) < 4.78 is 35.1. The van der Waals surface area contributed by atoms with Crippen molar-refractivity contribution < 1.29 is 23.4 Å². The topological polar surface area (TPSA) is 67.6 Å². The van der Waals surface area contributed by atoms with Crippen LogP contribution in [-0.2, 0) is 18.3 Å². The first kappa shape index (κ1) is 21.0. The van der Waals surface area contributed by atoms with Crippen LogP contribution in [0.2, 0.25) is 0 Å². The molecule has 4 rings (SSSR count). The minimum Gasteiger partial charge on any atom is -0.505 e. The molecule has 0 aliphatic carbocycles. The van der Waals surface area contributed by atoms with Gasteiger partial charge in [0, 0.05) is 44.6 Å². The summed E-state index contributed by atoms with van der Waals surface area (Å²) in [6.07, 6.45) is 4.66. The monoisotopic (exact) mass is 427 g/mol. The van der Waals surface area contributed by atoms with Gasteiger partial charge in [-0.2, -0.15) is 0 Å². The van der Waals surface area contributed by atoms with E-state index in [-0.39, 0.29) is 24.1 Å². The Balaban J connectivity index is 1.66. The Morgan fingerprint density at radius 3 is 2.61 bits per heavy atom. The predicted octanol–water partition coefficient (Wildman–Crippen LogP) is 3.89. The van der Waals surface area contributed by atoms with Gasteiger partial charge in [-0.25, -0.2) is 13.8 Å². The molecular weight excluding hydrogens is 404 g/mol. The summed E-state index contributed by atoms with van der Waals surface area (Å²) in [5.41, 5.74) is 1.65. The van der Waals surface area contributed by atoms with E-state index in [1.165, 1.54) is 18.2 Å². The van der Waals surface area contributed by atoms with E-state index in [9.17, 15) is 18.7 Å². The molecule has 162 valence electrons. The Bertz CT molecular complexity index is 1090. The third-order valence-corrected chi connectivity index (χ3v) is 5.46. The standard InChI is InChI=1S/C23H23F2N3O3/c1-27-13-21(26-14-27)23(30)28(17-6-8-31-9-7-17)12-15-2-4-19(24)18(10-15)16-3-5-20(25)22(29)11-16/h2-5,10-11,13-14,17,29H,6-9,12H2,1H3. The Morgan fingerprint density at radius 2 is 1.94 bits per heavy atom. The Morgan fingerprint density at radius 1 is 1.19 bits per heavy atom. The minimum atomic E-state index is -0.771. The quantitative estimate of drug-likeness (QED) is 0.671. The smallest absolute Gasteiger partial charge is 0.274 e. The van der Waals surface area contributed by atoms with Crippen LogP contribution in [0.25, 0.3) is 11.1 Å². The lowest BCUT2D eigenvalue weighted by atomic mass is 10.0. The molecule has 1 saturated heterocycles. The van der Waals surface area contributed by atoms with Gasteiger partial charge in [0.15, 0.2) is 11.6 Å². The zero-order chi connectivity index (χ0) is 22.0. The number of carbonyl (C=O) groups is 1. The van der Waals surface area contributed by atoms with Crippen molar-refractivity contribution in [3.8, 4) is 16.9 Å². The first-order valence-electron chi connectivity index (χ1n) is 10.1. The first-order chi connectivity index (χ1) is 14.9. The number of rotatable bonds is 5. The second-order valence-electron chi connectivity index (χ2n) is 7.68. The molecule has 1 aromatic heterocycles. The zero-order valence-electron chi connectivity index (χ0n) is 17.1. The van der Waals surface area contributed by atoms with Crippen molar-refractivity contribution in [2.45, 2.75) is 25.4 Å². The molecule has 0 unspecified atom stereocenters. The molecule has 3 aromatic rings. The maximum absolute atomic E-state index is 14.5. The van der Waals surface area contributed by atoms with Crippen molar-refractivity contribution >= 4 is 5.91 Å². The number of phenols is 1. The molecule has 0 spiro atoms. The minimum absolute atomic E-state index is 0.0216. The molecule has 2 aromatic carbocycles. The van der Waals surface area contributed by atoms with Gasteiger partial charge in [0.2, 0.25) is 0 Å². The third-order valence-electron chi connectivity index (χ3n) is 5.46. The van der Waals surface area contributed by atoms with E-state index in [4.69, 9.17) is 4.74 Å². The molecule has 0 saturated carbocycles. The average molecular weight is 427 g/mol. The zero-order valence-corrected chi connectivity index (χ0v) is 17.1. The van der Waals surface area contributed by atoms with Crippen LogP contribution in [0, 0.1) is 11.6 Å². The van der Waals surface area contributed by atoms with Crippen LogP contribution >= 0.6 is 0 Å². The van der Waals surface area contributed by atoms with Crippen molar-refractivity contribution in [3.05, 3.63) is 71.8 Å². The van der Waals surface area contributed by atoms with Gasteiger partial charge >= 0.3 is 0 Å². The number of phenolic OH excluding ortho intramolecular Hbond substituents is 1. The fourth-order valence-electron chi connectivity index (χ4n) is 3.80. The van der Waals surface area contributed by atoms with E-state index in [0.717, 1.165) is 11.6 Å². The third kappa shape index (κ3) is 4.59. The number of imidazole rings is 1. The summed E-state index contributed by atoms with van der Waals surface area (Å²) in [5.74, 6) is -2.01. The van der Waals surface area contributed by atoms with Gasteiger partial charge in [-0.3, -0.25) is 4.79 Å². The lowest BCUT2D eigenvalue weighted by Crippen LogP contribution is -2.43. The highest BCUT2D eigenvalue weighted by Gasteiger charge is 2.28. The maximum atomic E-state index is 14.5. The van der Waals surface area contributed by atoms with Crippen LogP contribution in [0.4, 0.5) is 8.78 Å². The fourth-order valence-corrected chi connectivity index (χ4v) is 3.80. The lowest BCUT2D eigenvalue weighted by molar-refractivity contribution is 0.0264. The molecule has 1 amide bonds. The van der Waals surface area contributed by atoms with Gasteiger partial charge in [-0.05, 0) is 48.2 Å². The van der Waals surface area contributed by atoms with E-state index >= 15 is 0 Å². The van der Waals surface area contributed by atoms with Crippen molar-refractivity contribution in [1.82, 2.24) is 14.5 Å². The molecule has 0 atom stereocenters. The van der Waals surface area contributed by atoms with E-state index < -0.39 is 17.4 Å². The Kier molecular flexibility index (Phi) is 5.99. The number of aryl methyl sites for hydroxylation is 1. The summed E-state index contributed by atoms with van der Waals surface area (Å²) in [6.45, 7) is 1.40. The molecule has 8 heteroatoms. The lowest BCUT2D eigenvalue weighted by Gasteiger charge is -2.34. The Labute approximate surface area is 178 Å². The van der Waals surface area contributed by atoms with Gasteiger partial charge < -0.3 is 19.3 Å². The van der Waals surface area contributed by atoms with Gasteiger partial charge in [0.1, 0.15) is 11.5 Å². The van der Waals surface area contributed by atoms with E-state index in [0.29, 0.717) is 37.3 Å². The van der Waals surface area contributed by atoms with Gasteiger partial charge in [-0.15, -0.1) is 0 Å². The Hall–Kier alpha value is -3.26. The van der Waals surface area contributed by atoms with Crippen LogP contribution in [0.15, 0.2) is 48.9 Å². The molecule has 1 aliphatic heterocycles. The van der Waals surface area contributed by atoms with Gasteiger partial charge in [-0.1, -0.05) is 12.1 Å². The van der Waals surface area contributed by atoms with Crippen LogP contribution < -0.4 is 0 Å². The highest BCUT2D eigenvalue weighted by molar-refractivity contribution is 5.92. The molecule has 0 bridgehead atoms. The number of hydrogen-bond acceptors (Lipinski definition) is 4. The summed E-state index contributed by atoms with van der Waals surface area (Å²) in [5, 5.41) is 9.67. The number of benzene rings is 2. The molecule has 6 nitrogen and oxygen atoms in total. The molecule has 1 fully saturated rings. The summed E-state index contributed by atoms with van der Waals surface area (Å²) in [6, 6.07) is 8.24. The maximum Gasteiger partial charge on any atom is 0.274 e. The molecule has 1 N–H and O–H groups in total. The molecule has 0 radical (unpaired) electrons. The van der Waals surface area contributed by atoms with Crippen LogP contribution in [-0.4, -0.2) is 44.7 Å². The number of hydrogen-bond donors (Lipinski definition) is 1. The molecule has 1 aliphatic rings. The number of carbonyl (C=O) groups excluding carboxylic acids is 1. The van der Waals surface area contributed by atoms with Crippen LogP contribution in [0.1, 0.15) is 28.9 Å². The number of aromatic nitrogens is 2. The van der Waals surface area contributed by atoms with Crippen molar-refractivity contribution in [2.75, 3.05) is 13.2 Å². The van der Waals surface area contributed by atoms with Crippen LogP contribution in [0.3, 0.4) is 0 Å². The van der Waals surface area contributed by atoms with Crippen molar-refractivity contribution in [1.29, 1.82) is 0 Å². The van der Waals surface area contributed by atoms with Crippen molar-refractivity contribution in [2.24, 2.45) is 7.05 Å². The normalized spacial score (nSPS) is 14.5. The number of amides is 1. The first-order valence-corrected chi connectivity index (χ1v) is 10.1. The van der Waals surface area contributed by atoms with Gasteiger partial charge in [0.05, 0.1) is 6.33 Å². The van der Waals surface area contributed by atoms with Crippen LogP contribution in [0.5, 0.6) is 5.75 Å². The number of aromatic hydroxyl groups is 1. The number of halogens is 2.